The van der Waals surface area contributed by atoms with E-state index in [1.807, 2.05) is 0 Å². The Kier molecular flexibility index (Phi) is 9.02. The molecule has 0 heterocycles. The Bertz CT molecular complexity index is 379. The van der Waals surface area contributed by atoms with Gasteiger partial charge in [0.2, 0.25) is 0 Å². The van der Waals surface area contributed by atoms with Crippen LogP contribution in [-0.2, 0) is 38.0 Å². The van der Waals surface area contributed by atoms with Crippen molar-refractivity contribution in [3.05, 3.63) is 0 Å². The Morgan fingerprint density at radius 2 is 1.46 bits per heavy atom. The summed E-state index contributed by atoms with van der Waals surface area (Å²) in [5.41, 5.74) is -2.22. The first-order valence-corrected chi connectivity index (χ1v) is 7.26. The van der Waals surface area contributed by atoms with Crippen LogP contribution >= 0.6 is 0 Å². The fraction of sp³-hybridized carbons (Fsp3) is 0.929. The molecule has 1 saturated carbocycles. The number of aliphatic hydroxyl groups is 2. The van der Waals surface area contributed by atoms with Crippen molar-refractivity contribution in [2.45, 2.75) is 36.4 Å². The molecule has 2 N–H and O–H groups in total. The lowest BCUT2D eigenvalue weighted by Crippen LogP contribution is -2.67. The van der Waals surface area contributed by atoms with E-state index in [1.54, 1.807) is 0 Å². The molecule has 0 aromatic rings. The predicted octanol–water partition coefficient (Wildman–Crippen LogP) is -1.38. The molecule has 0 aromatic carbocycles. The first-order valence-electron chi connectivity index (χ1n) is 7.26. The van der Waals surface area contributed by atoms with E-state index < -0.39 is 36.0 Å². The summed E-state index contributed by atoms with van der Waals surface area (Å²) in [6.07, 6.45) is -4.68. The van der Waals surface area contributed by atoms with Crippen molar-refractivity contribution in [1.29, 1.82) is 0 Å². The van der Waals surface area contributed by atoms with Gasteiger partial charge in [-0.05, 0) is 0 Å². The largest absolute Gasteiger partial charge is 0.467 e. The molecule has 1 aliphatic carbocycles. The zero-order valence-corrected chi connectivity index (χ0v) is 14.3. The average molecular weight is 354 g/mol. The van der Waals surface area contributed by atoms with Gasteiger partial charge in [0.05, 0.1) is 13.2 Å². The van der Waals surface area contributed by atoms with Crippen molar-refractivity contribution < 1.29 is 48.2 Å². The molecule has 0 saturated heterocycles. The standard InChI is InChI=1S/C14H26O10/c1-18-6-22-9-5-14(17,13(16)21-4)12(15)11(24-8-20-3)10(9)23-7-19-2/h9-12,15,17H,5-8H2,1-4H3/t9-,10+,11+,12-,14+/m1/s1. The van der Waals surface area contributed by atoms with Gasteiger partial charge in [-0.3, -0.25) is 0 Å². The molecule has 1 rings (SSSR count). The number of hydrogen-bond donors (Lipinski definition) is 2. The predicted molar refractivity (Wildman–Crippen MR) is 77.8 cm³/mol. The number of rotatable bonds is 10. The summed E-state index contributed by atoms with van der Waals surface area (Å²) in [7, 11) is 5.36. The summed E-state index contributed by atoms with van der Waals surface area (Å²) in [4.78, 5) is 12.0. The minimum absolute atomic E-state index is 0.103. The third-order valence-corrected chi connectivity index (χ3v) is 3.70. The second kappa shape index (κ2) is 10.2. The van der Waals surface area contributed by atoms with Crippen LogP contribution in [0.15, 0.2) is 0 Å². The van der Waals surface area contributed by atoms with Crippen molar-refractivity contribution in [2.24, 2.45) is 0 Å². The number of methoxy groups -OCH3 is 4. The maximum absolute atomic E-state index is 12.0. The molecule has 0 radical (unpaired) electrons. The Balaban J connectivity index is 3.09. The summed E-state index contributed by atoms with van der Waals surface area (Å²) in [6.45, 7) is -0.404. The van der Waals surface area contributed by atoms with Crippen molar-refractivity contribution in [3.63, 3.8) is 0 Å². The monoisotopic (exact) mass is 354 g/mol. The van der Waals surface area contributed by atoms with E-state index in [1.165, 1.54) is 21.3 Å². The van der Waals surface area contributed by atoms with Crippen LogP contribution in [-0.4, -0.2) is 95.0 Å². The zero-order chi connectivity index (χ0) is 18.2. The second-order valence-electron chi connectivity index (χ2n) is 5.25. The van der Waals surface area contributed by atoms with Crippen molar-refractivity contribution in [1.82, 2.24) is 0 Å². The average Bonchev–Trinajstić information content (AvgIpc) is 2.59. The third kappa shape index (κ3) is 4.83. The quantitative estimate of drug-likeness (QED) is 0.358. The van der Waals surface area contributed by atoms with Gasteiger partial charge in [0.1, 0.15) is 38.7 Å². The summed E-state index contributed by atoms with van der Waals surface area (Å²) in [5.74, 6) is -1.00. The highest BCUT2D eigenvalue weighted by Gasteiger charge is 2.58. The molecule has 142 valence electrons. The van der Waals surface area contributed by atoms with Crippen molar-refractivity contribution in [3.8, 4) is 0 Å². The molecule has 10 nitrogen and oxygen atoms in total. The Morgan fingerprint density at radius 3 is 1.96 bits per heavy atom. The van der Waals surface area contributed by atoms with Crippen LogP contribution in [0.3, 0.4) is 0 Å². The maximum Gasteiger partial charge on any atom is 0.340 e. The van der Waals surface area contributed by atoms with Crippen LogP contribution in [0, 0.1) is 0 Å². The molecule has 5 atom stereocenters. The smallest absolute Gasteiger partial charge is 0.340 e. The second-order valence-corrected chi connectivity index (χ2v) is 5.25. The molecule has 1 aliphatic rings. The van der Waals surface area contributed by atoms with Crippen LogP contribution in [0.25, 0.3) is 0 Å². The van der Waals surface area contributed by atoms with E-state index in [-0.39, 0.29) is 26.8 Å². The van der Waals surface area contributed by atoms with Gasteiger partial charge in [-0.15, -0.1) is 0 Å². The van der Waals surface area contributed by atoms with Crippen LogP contribution < -0.4 is 0 Å². The topological polar surface area (TPSA) is 122 Å². The minimum atomic E-state index is -2.22. The van der Waals surface area contributed by atoms with E-state index >= 15 is 0 Å². The Hall–Kier alpha value is -0.850. The molecule has 0 aromatic heterocycles. The molecular formula is C14H26O10. The summed E-state index contributed by atoms with van der Waals surface area (Å²) in [5, 5.41) is 21.1. The molecule has 0 aliphatic heterocycles. The van der Waals surface area contributed by atoms with Gasteiger partial charge in [0.15, 0.2) is 5.60 Å². The van der Waals surface area contributed by atoms with E-state index in [4.69, 9.17) is 28.4 Å². The zero-order valence-electron chi connectivity index (χ0n) is 14.3. The van der Waals surface area contributed by atoms with Gasteiger partial charge >= 0.3 is 5.97 Å². The highest BCUT2D eigenvalue weighted by atomic mass is 16.7. The lowest BCUT2D eigenvalue weighted by Gasteiger charge is -2.46. The normalized spacial score (nSPS) is 33.4. The number of ether oxygens (including phenoxy) is 7. The van der Waals surface area contributed by atoms with Gasteiger partial charge in [-0.2, -0.15) is 0 Å². The van der Waals surface area contributed by atoms with Crippen LogP contribution in [0.5, 0.6) is 0 Å². The molecule has 24 heavy (non-hydrogen) atoms. The van der Waals surface area contributed by atoms with E-state index in [2.05, 4.69) is 4.74 Å². The summed E-state index contributed by atoms with van der Waals surface area (Å²) >= 11 is 0. The number of carbonyl (C=O) groups excluding carboxylic acids is 1. The SMILES string of the molecule is COCO[C@@H]1[C@H](OCOC)[C@@H](O)[C@](O)(C(=O)OC)C[C@H]1OCOC. The van der Waals surface area contributed by atoms with Gasteiger partial charge < -0.3 is 43.4 Å². The molecule has 0 amide bonds. The number of esters is 1. The van der Waals surface area contributed by atoms with Crippen LogP contribution in [0.4, 0.5) is 0 Å². The molecular weight excluding hydrogens is 328 g/mol. The first kappa shape index (κ1) is 21.2. The Labute approximate surface area is 140 Å². The number of aliphatic hydroxyl groups excluding tert-OH is 1. The van der Waals surface area contributed by atoms with E-state index in [0.717, 1.165) is 7.11 Å². The van der Waals surface area contributed by atoms with Crippen LogP contribution in [0.1, 0.15) is 6.42 Å². The molecule has 0 unspecified atom stereocenters. The fourth-order valence-electron chi connectivity index (χ4n) is 2.58. The summed E-state index contributed by atoms with van der Waals surface area (Å²) in [6, 6.07) is 0. The van der Waals surface area contributed by atoms with Crippen molar-refractivity contribution >= 4 is 5.97 Å². The lowest BCUT2D eigenvalue weighted by atomic mass is 9.77. The first-order chi connectivity index (χ1) is 11.5. The summed E-state index contributed by atoms with van der Waals surface area (Å²) < 4.78 is 35.6. The molecule has 1 fully saturated rings. The van der Waals surface area contributed by atoms with Crippen LogP contribution in [0.2, 0.25) is 0 Å². The lowest BCUT2D eigenvalue weighted by molar-refractivity contribution is -0.281. The highest BCUT2D eigenvalue weighted by Crippen LogP contribution is 2.35. The number of hydrogen-bond acceptors (Lipinski definition) is 10. The molecule has 0 bridgehead atoms. The third-order valence-electron chi connectivity index (χ3n) is 3.70. The Morgan fingerprint density at radius 1 is 0.958 bits per heavy atom. The van der Waals surface area contributed by atoms with Gasteiger partial charge in [0.25, 0.3) is 0 Å². The van der Waals surface area contributed by atoms with Crippen molar-refractivity contribution in [2.75, 3.05) is 48.8 Å². The van der Waals surface area contributed by atoms with Gasteiger partial charge in [-0.1, -0.05) is 0 Å². The fourth-order valence-corrected chi connectivity index (χ4v) is 2.58. The molecule has 0 spiro atoms. The molecule has 10 heteroatoms. The minimum Gasteiger partial charge on any atom is -0.467 e. The number of carbonyl (C=O) groups is 1. The van der Waals surface area contributed by atoms with Gasteiger partial charge in [0, 0.05) is 27.8 Å². The maximum atomic E-state index is 12.0. The van der Waals surface area contributed by atoms with E-state index in [0.29, 0.717) is 0 Å². The van der Waals surface area contributed by atoms with Gasteiger partial charge in [-0.25, -0.2) is 4.79 Å². The highest BCUT2D eigenvalue weighted by molar-refractivity contribution is 5.80. The van der Waals surface area contributed by atoms with E-state index in [9.17, 15) is 15.0 Å².